The number of rotatable bonds is 5. The lowest BCUT2D eigenvalue weighted by Crippen LogP contribution is -2.37. The number of nitriles is 1. The summed E-state index contributed by atoms with van der Waals surface area (Å²) in [6.07, 6.45) is 0.453. The number of ether oxygens (including phenoxy) is 1. The van der Waals surface area contributed by atoms with Gasteiger partial charge < -0.3 is 10.1 Å². The van der Waals surface area contributed by atoms with Crippen molar-refractivity contribution in [2.24, 2.45) is 5.41 Å². The molecular formula is C14H17ClN2O2. The highest BCUT2D eigenvalue weighted by Gasteiger charge is 2.31. The first kappa shape index (κ1) is 15.3. The molecule has 0 aliphatic rings. The van der Waals surface area contributed by atoms with Crippen LogP contribution in [0.4, 0.5) is 0 Å². The van der Waals surface area contributed by atoms with Crippen LogP contribution in [0.15, 0.2) is 18.2 Å². The molecule has 0 aliphatic heterocycles. The van der Waals surface area contributed by atoms with Crippen molar-refractivity contribution in [2.45, 2.75) is 26.8 Å². The molecule has 4 nitrogen and oxygen atoms in total. The average molecular weight is 281 g/mol. The Morgan fingerprint density at radius 2 is 2.26 bits per heavy atom. The summed E-state index contributed by atoms with van der Waals surface area (Å²) in [5, 5.41) is 12.3. The molecule has 0 saturated carbocycles. The zero-order valence-electron chi connectivity index (χ0n) is 11.3. The summed E-state index contributed by atoms with van der Waals surface area (Å²) in [6, 6.07) is 7.31. The van der Waals surface area contributed by atoms with Crippen LogP contribution < -0.4 is 10.1 Å². The molecule has 0 saturated heterocycles. The van der Waals surface area contributed by atoms with E-state index in [2.05, 4.69) is 5.32 Å². The van der Waals surface area contributed by atoms with Crippen molar-refractivity contribution in [3.05, 3.63) is 28.8 Å². The van der Waals surface area contributed by atoms with Crippen LogP contribution in [-0.2, 0) is 11.3 Å². The van der Waals surface area contributed by atoms with Gasteiger partial charge in [0, 0.05) is 17.1 Å². The molecule has 0 heterocycles. The third kappa shape index (κ3) is 3.39. The Bertz CT molecular complexity index is 511. The number of carbonyl (C=O) groups excluding carboxylic acids is 1. The largest absolute Gasteiger partial charge is 0.496 e. The molecule has 0 spiro atoms. The van der Waals surface area contributed by atoms with Crippen molar-refractivity contribution >= 4 is 17.5 Å². The van der Waals surface area contributed by atoms with E-state index in [1.165, 1.54) is 0 Å². The van der Waals surface area contributed by atoms with Crippen molar-refractivity contribution in [3.8, 4) is 11.8 Å². The number of hydrogen-bond donors (Lipinski definition) is 1. The number of hydrogen-bond acceptors (Lipinski definition) is 3. The van der Waals surface area contributed by atoms with Gasteiger partial charge in [-0.05, 0) is 25.5 Å². The lowest BCUT2D eigenvalue weighted by Gasteiger charge is -2.19. The second kappa shape index (κ2) is 6.44. The van der Waals surface area contributed by atoms with Crippen LogP contribution in [0, 0.1) is 16.7 Å². The second-order valence-electron chi connectivity index (χ2n) is 4.40. The summed E-state index contributed by atoms with van der Waals surface area (Å²) in [5.74, 6) is 0.308. The molecule has 0 aromatic heterocycles. The number of halogens is 1. The fourth-order valence-electron chi connectivity index (χ4n) is 1.56. The van der Waals surface area contributed by atoms with Gasteiger partial charge >= 0.3 is 0 Å². The summed E-state index contributed by atoms with van der Waals surface area (Å²) >= 11 is 6.08. The molecule has 1 amide bonds. The predicted octanol–water partition coefficient (Wildman–Crippen LogP) is 2.90. The molecule has 1 rings (SSSR count). The van der Waals surface area contributed by atoms with E-state index in [-0.39, 0.29) is 12.5 Å². The van der Waals surface area contributed by atoms with Gasteiger partial charge in [0.15, 0.2) is 0 Å². The fourth-order valence-corrected chi connectivity index (χ4v) is 1.79. The molecule has 102 valence electrons. The maximum Gasteiger partial charge on any atom is 0.240 e. The van der Waals surface area contributed by atoms with Gasteiger partial charge in [0.2, 0.25) is 5.91 Å². The van der Waals surface area contributed by atoms with Crippen LogP contribution in [0.25, 0.3) is 0 Å². The van der Waals surface area contributed by atoms with Crippen LogP contribution in [0.5, 0.6) is 5.75 Å². The highest BCUT2D eigenvalue weighted by Crippen LogP contribution is 2.26. The van der Waals surface area contributed by atoms with Gasteiger partial charge in [0.1, 0.15) is 11.2 Å². The van der Waals surface area contributed by atoms with Crippen molar-refractivity contribution in [2.75, 3.05) is 7.11 Å². The zero-order chi connectivity index (χ0) is 14.5. The van der Waals surface area contributed by atoms with E-state index in [0.29, 0.717) is 22.8 Å². The van der Waals surface area contributed by atoms with E-state index in [9.17, 15) is 4.79 Å². The molecule has 1 atom stereocenters. The molecule has 1 aromatic rings. The van der Waals surface area contributed by atoms with Crippen LogP contribution in [-0.4, -0.2) is 13.0 Å². The smallest absolute Gasteiger partial charge is 0.240 e. The molecular weight excluding hydrogens is 264 g/mol. The molecule has 0 fully saturated rings. The maximum absolute atomic E-state index is 12.0. The number of benzene rings is 1. The standard InChI is InChI=1S/C14H17ClN2O2/c1-4-14(2,9-16)13(18)17-8-10-11(15)6-5-7-12(10)19-3/h5-7H,4,8H2,1-3H3,(H,17,18). The van der Waals surface area contributed by atoms with E-state index in [1.54, 1.807) is 39.2 Å². The Morgan fingerprint density at radius 1 is 1.58 bits per heavy atom. The third-order valence-corrected chi connectivity index (χ3v) is 3.53. The molecule has 1 unspecified atom stereocenters. The SMILES string of the molecule is CCC(C)(C#N)C(=O)NCc1c(Cl)cccc1OC. The van der Waals surface area contributed by atoms with Crippen molar-refractivity contribution < 1.29 is 9.53 Å². The van der Waals surface area contributed by atoms with Gasteiger partial charge in [-0.15, -0.1) is 0 Å². The van der Waals surface area contributed by atoms with Crippen LogP contribution >= 0.6 is 11.6 Å². The minimum Gasteiger partial charge on any atom is -0.496 e. The minimum atomic E-state index is -1.02. The molecule has 0 bridgehead atoms. The van der Waals surface area contributed by atoms with Gasteiger partial charge in [-0.3, -0.25) is 4.79 Å². The Morgan fingerprint density at radius 3 is 2.79 bits per heavy atom. The van der Waals surface area contributed by atoms with Gasteiger partial charge in [-0.2, -0.15) is 5.26 Å². The lowest BCUT2D eigenvalue weighted by molar-refractivity contribution is -0.127. The monoisotopic (exact) mass is 280 g/mol. The van der Waals surface area contributed by atoms with Crippen LogP contribution in [0.1, 0.15) is 25.8 Å². The first-order valence-electron chi connectivity index (χ1n) is 5.99. The highest BCUT2D eigenvalue weighted by molar-refractivity contribution is 6.31. The van der Waals surface area contributed by atoms with Gasteiger partial charge in [0.25, 0.3) is 0 Å². The number of nitrogens with one attached hydrogen (secondary N) is 1. The highest BCUT2D eigenvalue weighted by atomic mass is 35.5. The Balaban J connectivity index is 2.84. The summed E-state index contributed by atoms with van der Waals surface area (Å²) < 4.78 is 5.20. The second-order valence-corrected chi connectivity index (χ2v) is 4.81. The summed E-state index contributed by atoms with van der Waals surface area (Å²) in [7, 11) is 1.54. The molecule has 1 N–H and O–H groups in total. The Hall–Kier alpha value is -1.73. The van der Waals surface area contributed by atoms with Gasteiger partial charge in [-0.25, -0.2) is 0 Å². The number of nitrogens with zero attached hydrogens (tertiary/aromatic N) is 1. The van der Waals surface area contributed by atoms with Gasteiger partial charge in [0.05, 0.1) is 13.2 Å². The molecule has 0 radical (unpaired) electrons. The quantitative estimate of drug-likeness (QED) is 0.902. The lowest BCUT2D eigenvalue weighted by atomic mass is 9.88. The van der Waals surface area contributed by atoms with Crippen LogP contribution in [0.3, 0.4) is 0 Å². The van der Waals surface area contributed by atoms with Crippen molar-refractivity contribution in [1.82, 2.24) is 5.32 Å². The van der Waals surface area contributed by atoms with Crippen molar-refractivity contribution in [3.63, 3.8) is 0 Å². The van der Waals surface area contributed by atoms with Crippen LogP contribution in [0.2, 0.25) is 5.02 Å². The molecule has 19 heavy (non-hydrogen) atoms. The number of carbonyl (C=O) groups is 1. The average Bonchev–Trinajstić information content (AvgIpc) is 2.44. The normalized spacial score (nSPS) is 13.2. The predicted molar refractivity (Wildman–Crippen MR) is 73.9 cm³/mol. The summed E-state index contributed by atoms with van der Waals surface area (Å²) in [4.78, 5) is 12.0. The van der Waals surface area contributed by atoms with Gasteiger partial charge in [-0.1, -0.05) is 24.6 Å². The number of methoxy groups -OCH3 is 1. The Labute approximate surface area is 118 Å². The van der Waals surface area contributed by atoms with E-state index >= 15 is 0 Å². The third-order valence-electron chi connectivity index (χ3n) is 3.18. The summed E-state index contributed by atoms with van der Waals surface area (Å²) in [6.45, 7) is 3.66. The van der Waals surface area contributed by atoms with E-state index < -0.39 is 5.41 Å². The topological polar surface area (TPSA) is 62.1 Å². The first-order valence-corrected chi connectivity index (χ1v) is 6.37. The fraction of sp³-hybridized carbons (Fsp3) is 0.429. The Kier molecular flexibility index (Phi) is 5.20. The first-order chi connectivity index (χ1) is 8.98. The molecule has 5 heteroatoms. The molecule has 1 aromatic carbocycles. The van der Waals surface area contributed by atoms with E-state index in [4.69, 9.17) is 21.6 Å². The zero-order valence-corrected chi connectivity index (χ0v) is 12.0. The maximum atomic E-state index is 12.0. The minimum absolute atomic E-state index is 0.235. The van der Waals surface area contributed by atoms with E-state index in [0.717, 1.165) is 0 Å². The van der Waals surface area contributed by atoms with Crippen molar-refractivity contribution in [1.29, 1.82) is 5.26 Å². The molecule has 0 aliphatic carbocycles. The number of amides is 1. The van der Waals surface area contributed by atoms with E-state index in [1.807, 2.05) is 6.07 Å². The summed E-state index contributed by atoms with van der Waals surface area (Å²) in [5.41, 5.74) is -0.314.